The molecule has 100 valence electrons. The minimum Gasteiger partial charge on any atom is -0.346 e. The van der Waals surface area contributed by atoms with E-state index in [-0.39, 0.29) is 16.9 Å². The van der Waals surface area contributed by atoms with Gasteiger partial charge in [-0.3, -0.25) is 4.79 Å². The third-order valence-electron chi connectivity index (χ3n) is 2.77. The van der Waals surface area contributed by atoms with Crippen LogP contribution in [0.15, 0.2) is 24.3 Å². The minimum absolute atomic E-state index is 0.00928. The van der Waals surface area contributed by atoms with Crippen LogP contribution in [0.25, 0.3) is 0 Å². The number of carbonyl (C=O) groups is 1. The number of nitrogens with one attached hydrogen (secondary N) is 1. The van der Waals surface area contributed by atoms with Crippen molar-refractivity contribution in [2.75, 3.05) is 5.33 Å². The van der Waals surface area contributed by atoms with Gasteiger partial charge in [0.1, 0.15) is 0 Å². The molecular formula is C15H22BrNO. The Morgan fingerprint density at radius 2 is 1.72 bits per heavy atom. The molecule has 0 saturated carbocycles. The fourth-order valence-electron chi connectivity index (χ4n) is 1.74. The number of alkyl halides is 1. The van der Waals surface area contributed by atoms with Crippen molar-refractivity contribution < 1.29 is 4.79 Å². The van der Waals surface area contributed by atoms with E-state index >= 15 is 0 Å². The van der Waals surface area contributed by atoms with Crippen molar-refractivity contribution in [1.82, 2.24) is 5.32 Å². The van der Waals surface area contributed by atoms with Gasteiger partial charge in [-0.25, -0.2) is 0 Å². The first-order valence-corrected chi connectivity index (χ1v) is 7.27. The van der Waals surface area contributed by atoms with E-state index in [0.29, 0.717) is 0 Å². The second-order valence-corrected chi connectivity index (χ2v) is 6.83. The molecule has 1 rings (SSSR count). The molecule has 3 heteroatoms. The smallest absolute Gasteiger partial charge is 0.252 e. The maximum absolute atomic E-state index is 12.4. The molecule has 0 unspecified atom stereocenters. The number of hydrogen-bond acceptors (Lipinski definition) is 1. The van der Waals surface area contributed by atoms with Gasteiger partial charge in [0.25, 0.3) is 5.91 Å². The van der Waals surface area contributed by atoms with Crippen LogP contribution in [0.4, 0.5) is 0 Å². The molecule has 1 aromatic carbocycles. The van der Waals surface area contributed by atoms with Gasteiger partial charge in [-0.1, -0.05) is 54.9 Å². The van der Waals surface area contributed by atoms with Crippen molar-refractivity contribution in [3.63, 3.8) is 0 Å². The summed E-state index contributed by atoms with van der Waals surface area (Å²) in [4.78, 5) is 12.4. The highest BCUT2D eigenvalue weighted by atomic mass is 79.9. The van der Waals surface area contributed by atoms with Gasteiger partial charge < -0.3 is 5.32 Å². The summed E-state index contributed by atoms with van der Waals surface area (Å²) in [7, 11) is 0. The van der Waals surface area contributed by atoms with Crippen molar-refractivity contribution in [3.8, 4) is 0 Å². The van der Waals surface area contributed by atoms with Crippen molar-refractivity contribution >= 4 is 21.8 Å². The highest BCUT2D eigenvalue weighted by Gasteiger charge is 2.24. The Morgan fingerprint density at radius 1 is 1.17 bits per heavy atom. The molecule has 0 spiro atoms. The molecule has 0 bridgehead atoms. The molecule has 0 atom stereocenters. The van der Waals surface area contributed by atoms with Crippen molar-refractivity contribution in [2.24, 2.45) is 0 Å². The van der Waals surface area contributed by atoms with E-state index in [1.165, 1.54) is 0 Å². The molecule has 2 nitrogen and oxygen atoms in total. The molecule has 1 aromatic rings. The number of hydrogen-bond donors (Lipinski definition) is 1. The van der Waals surface area contributed by atoms with Crippen LogP contribution < -0.4 is 5.32 Å². The van der Waals surface area contributed by atoms with Crippen LogP contribution in [-0.2, 0) is 5.41 Å². The summed E-state index contributed by atoms with van der Waals surface area (Å²) >= 11 is 3.42. The fraction of sp³-hybridized carbons (Fsp3) is 0.533. The van der Waals surface area contributed by atoms with E-state index in [2.05, 4.69) is 42.0 Å². The number of halogens is 1. The zero-order valence-electron chi connectivity index (χ0n) is 11.8. The molecule has 0 aromatic heterocycles. The molecule has 0 aliphatic heterocycles. The van der Waals surface area contributed by atoms with Crippen LogP contribution in [0, 0.1) is 0 Å². The number of rotatable bonds is 3. The topological polar surface area (TPSA) is 29.1 Å². The maximum Gasteiger partial charge on any atom is 0.252 e. The van der Waals surface area contributed by atoms with E-state index in [9.17, 15) is 4.79 Å². The van der Waals surface area contributed by atoms with Gasteiger partial charge in [-0.2, -0.15) is 0 Å². The Bertz CT molecular complexity index is 432. The summed E-state index contributed by atoms with van der Waals surface area (Å²) < 4.78 is 0. The Hall–Kier alpha value is -0.830. The SMILES string of the molecule is CC(C)(CBr)NC(=O)c1ccccc1C(C)(C)C. The first-order valence-electron chi connectivity index (χ1n) is 6.15. The monoisotopic (exact) mass is 311 g/mol. The second-order valence-electron chi connectivity index (χ2n) is 6.27. The zero-order valence-corrected chi connectivity index (χ0v) is 13.4. The highest BCUT2D eigenvalue weighted by molar-refractivity contribution is 9.09. The Morgan fingerprint density at radius 3 is 2.22 bits per heavy atom. The molecule has 1 amide bonds. The molecular weight excluding hydrogens is 290 g/mol. The Balaban J connectivity index is 3.07. The molecule has 0 fully saturated rings. The molecule has 1 N–H and O–H groups in total. The van der Waals surface area contributed by atoms with Crippen LogP contribution in [0.1, 0.15) is 50.5 Å². The quantitative estimate of drug-likeness (QED) is 0.843. The van der Waals surface area contributed by atoms with Crippen LogP contribution in [0.2, 0.25) is 0 Å². The number of benzene rings is 1. The average Bonchev–Trinajstić information content (AvgIpc) is 2.27. The van der Waals surface area contributed by atoms with Gasteiger partial charge >= 0.3 is 0 Å². The number of amides is 1. The van der Waals surface area contributed by atoms with Gasteiger partial charge in [0.15, 0.2) is 0 Å². The van der Waals surface area contributed by atoms with E-state index in [1.54, 1.807) is 0 Å². The van der Waals surface area contributed by atoms with Crippen LogP contribution in [0.5, 0.6) is 0 Å². The van der Waals surface area contributed by atoms with Gasteiger partial charge in [0, 0.05) is 16.4 Å². The van der Waals surface area contributed by atoms with E-state index < -0.39 is 0 Å². The normalized spacial score (nSPS) is 12.3. The first-order chi connectivity index (χ1) is 8.17. The predicted octanol–water partition coefficient (Wildman–Crippen LogP) is 3.89. The molecule has 0 aliphatic rings. The molecule has 0 radical (unpaired) electrons. The first kappa shape index (κ1) is 15.2. The third-order valence-corrected chi connectivity index (χ3v) is 4.17. The lowest BCUT2D eigenvalue weighted by atomic mass is 9.83. The van der Waals surface area contributed by atoms with Crippen LogP contribution in [-0.4, -0.2) is 16.8 Å². The lowest BCUT2D eigenvalue weighted by molar-refractivity contribution is 0.0919. The van der Waals surface area contributed by atoms with E-state index in [4.69, 9.17) is 0 Å². The zero-order chi connectivity index (χ0) is 14.0. The average molecular weight is 312 g/mol. The standard InChI is InChI=1S/C15H22BrNO/c1-14(2,3)12-9-7-6-8-11(12)13(18)17-15(4,5)10-16/h6-9H,10H2,1-5H3,(H,17,18). The predicted molar refractivity (Wildman–Crippen MR) is 80.5 cm³/mol. The largest absolute Gasteiger partial charge is 0.346 e. The van der Waals surface area contributed by atoms with E-state index in [1.807, 2.05) is 38.1 Å². The molecule has 18 heavy (non-hydrogen) atoms. The van der Waals surface area contributed by atoms with Crippen molar-refractivity contribution in [1.29, 1.82) is 0 Å². The van der Waals surface area contributed by atoms with Gasteiger partial charge in [0.05, 0.1) is 0 Å². The summed E-state index contributed by atoms with van der Waals surface area (Å²) in [5.41, 5.74) is 1.56. The lowest BCUT2D eigenvalue weighted by Gasteiger charge is -2.27. The Labute approximate surface area is 118 Å². The second kappa shape index (κ2) is 5.43. The van der Waals surface area contributed by atoms with Gasteiger partial charge in [-0.15, -0.1) is 0 Å². The minimum atomic E-state index is -0.248. The summed E-state index contributed by atoms with van der Waals surface area (Å²) in [6.45, 7) is 10.4. The van der Waals surface area contributed by atoms with E-state index in [0.717, 1.165) is 16.5 Å². The summed E-state index contributed by atoms with van der Waals surface area (Å²) in [5, 5.41) is 3.77. The molecule has 0 saturated heterocycles. The van der Waals surface area contributed by atoms with Crippen molar-refractivity contribution in [3.05, 3.63) is 35.4 Å². The van der Waals surface area contributed by atoms with Crippen LogP contribution >= 0.6 is 15.9 Å². The lowest BCUT2D eigenvalue weighted by Crippen LogP contribution is -2.45. The summed E-state index contributed by atoms with van der Waals surface area (Å²) in [6.07, 6.45) is 0. The molecule has 0 aliphatic carbocycles. The Kier molecular flexibility index (Phi) is 4.60. The summed E-state index contributed by atoms with van der Waals surface area (Å²) in [6, 6.07) is 7.80. The summed E-state index contributed by atoms with van der Waals surface area (Å²) in [5.74, 6) is -0.00928. The highest BCUT2D eigenvalue weighted by Crippen LogP contribution is 2.26. The van der Waals surface area contributed by atoms with Crippen LogP contribution in [0.3, 0.4) is 0 Å². The third kappa shape index (κ3) is 3.84. The molecule has 0 heterocycles. The van der Waals surface area contributed by atoms with Gasteiger partial charge in [-0.05, 0) is 30.9 Å². The maximum atomic E-state index is 12.4. The van der Waals surface area contributed by atoms with Crippen molar-refractivity contribution in [2.45, 2.75) is 45.6 Å². The van der Waals surface area contributed by atoms with Gasteiger partial charge in [0.2, 0.25) is 0 Å². The number of carbonyl (C=O) groups excluding carboxylic acids is 1. The fourth-order valence-corrected chi connectivity index (χ4v) is 1.88.